The molecule has 0 fully saturated rings. The summed E-state index contributed by atoms with van der Waals surface area (Å²) >= 11 is 0. The Balaban J connectivity index is 1.84. The Labute approximate surface area is 189 Å². The minimum atomic E-state index is -4.88. The standard InChI is InChI=1S/C21H24F3N3O5S/c1-20(2,3)19(29)27-15-6-4-14(5-7-15)18(28)25-12-13-26-33(30,31)17-10-8-16(9-11-17)32-21(22,23)24/h4-11,26H,12-13H2,1-3H3,(H,25,28)(H,27,29). The Morgan fingerprint density at radius 1 is 0.909 bits per heavy atom. The van der Waals surface area contributed by atoms with Crippen LogP contribution in [0.2, 0.25) is 0 Å². The van der Waals surface area contributed by atoms with Crippen LogP contribution in [0.4, 0.5) is 18.9 Å². The van der Waals surface area contributed by atoms with Gasteiger partial charge in [0.2, 0.25) is 15.9 Å². The van der Waals surface area contributed by atoms with E-state index in [4.69, 9.17) is 0 Å². The van der Waals surface area contributed by atoms with Crippen molar-refractivity contribution in [2.24, 2.45) is 5.41 Å². The monoisotopic (exact) mass is 487 g/mol. The highest BCUT2D eigenvalue weighted by Crippen LogP contribution is 2.23. The molecule has 2 aromatic carbocycles. The second kappa shape index (κ2) is 10.2. The van der Waals surface area contributed by atoms with E-state index in [1.54, 1.807) is 32.9 Å². The molecule has 0 aromatic heterocycles. The number of hydrogen-bond donors (Lipinski definition) is 3. The van der Waals surface area contributed by atoms with Crippen molar-refractivity contribution in [1.82, 2.24) is 10.0 Å². The van der Waals surface area contributed by atoms with Gasteiger partial charge in [0, 0.05) is 29.8 Å². The molecular weight excluding hydrogens is 463 g/mol. The minimum Gasteiger partial charge on any atom is -0.406 e. The molecule has 2 amide bonds. The number of benzene rings is 2. The third-order valence-electron chi connectivity index (χ3n) is 4.16. The van der Waals surface area contributed by atoms with Gasteiger partial charge < -0.3 is 15.4 Å². The predicted octanol–water partition coefficient (Wildman–Crippen LogP) is 3.28. The number of nitrogens with one attached hydrogen (secondary N) is 3. The molecule has 2 aromatic rings. The van der Waals surface area contributed by atoms with Crippen molar-refractivity contribution in [2.45, 2.75) is 32.0 Å². The van der Waals surface area contributed by atoms with E-state index in [1.165, 1.54) is 12.1 Å². The summed E-state index contributed by atoms with van der Waals surface area (Å²) in [6.45, 7) is 5.14. The first-order valence-corrected chi connectivity index (χ1v) is 11.2. The maximum absolute atomic E-state index is 12.2. The van der Waals surface area contributed by atoms with Gasteiger partial charge in [-0.15, -0.1) is 13.2 Å². The number of alkyl halides is 3. The molecule has 0 heterocycles. The van der Waals surface area contributed by atoms with Crippen LogP contribution in [0.3, 0.4) is 0 Å². The quantitative estimate of drug-likeness (QED) is 0.495. The van der Waals surface area contributed by atoms with Crippen molar-refractivity contribution in [3.8, 4) is 5.75 Å². The number of carbonyl (C=O) groups is 2. The summed E-state index contributed by atoms with van der Waals surface area (Å²) in [5, 5.41) is 5.28. The number of hydrogen-bond acceptors (Lipinski definition) is 5. The van der Waals surface area contributed by atoms with Crippen LogP contribution < -0.4 is 20.1 Å². The number of carbonyl (C=O) groups excluding carboxylic acids is 2. The lowest BCUT2D eigenvalue weighted by molar-refractivity contribution is -0.274. The Hall–Kier alpha value is -3.12. The van der Waals surface area contributed by atoms with Gasteiger partial charge >= 0.3 is 6.36 Å². The van der Waals surface area contributed by atoms with Gasteiger partial charge in [0.1, 0.15) is 5.75 Å². The number of sulfonamides is 1. The third-order valence-corrected chi connectivity index (χ3v) is 5.63. The molecule has 33 heavy (non-hydrogen) atoms. The van der Waals surface area contributed by atoms with E-state index in [0.717, 1.165) is 24.3 Å². The molecular formula is C21H24F3N3O5S. The smallest absolute Gasteiger partial charge is 0.406 e. The molecule has 0 atom stereocenters. The van der Waals surface area contributed by atoms with Gasteiger partial charge in [-0.1, -0.05) is 20.8 Å². The van der Waals surface area contributed by atoms with Crippen molar-refractivity contribution in [3.63, 3.8) is 0 Å². The van der Waals surface area contributed by atoms with Gasteiger partial charge in [-0.2, -0.15) is 0 Å². The van der Waals surface area contributed by atoms with Gasteiger partial charge in [0.15, 0.2) is 0 Å². The van der Waals surface area contributed by atoms with Crippen LogP contribution in [-0.4, -0.2) is 39.7 Å². The lowest BCUT2D eigenvalue weighted by atomic mass is 9.95. The van der Waals surface area contributed by atoms with Gasteiger partial charge in [0.05, 0.1) is 4.90 Å². The Bertz CT molecular complexity index is 1080. The molecule has 180 valence electrons. The minimum absolute atomic E-state index is 0.0319. The lowest BCUT2D eigenvalue weighted by Gasteiger charge is -2.17. The van der Waals surface area contributed by atoms with E-state index in [-0.39, 0.29) is 23.9 Å². The van der Waals surface area contributed by atoms with Crippen LogP contribution >= 0.6 is 0 Å². The van der Waals surface area contributed by atoms with E-state index in [9.17, 15) is 31.2 Å². The Morgan fingerprint density at radius 2 is 1.48 bits per heavy atom. The number of rotatable bonds is 8. The topological polar surface area (TPSA) is 114 Å². The summed E-state index contributed by atoms with van der Waals surface area (Å²) in [6.07, 6.45) is -4.88. The van der Waals surface area contributed by atoms with Gasteiger partial charge in [-0.25, -0.2) is 13.1 Å². The van der Waals surface area contributed by atoms with Gasteiger partial charge in [-0.05, 0) is 48.5 Å². The van der Waals surface area contributed by atoms with E-state index in [0.29, 0.717) is 11.3 Å². The fourth-order valence-corrected chi connectivity index (χ4v) is 3.42. The Kier molecular flexibility index (Phi) is 8.09. The summed E-state index contributed by atoms with van der Waals surface area (Å²) in [5.41, 5.74) is 0.278. The molecule has 0 bridgehead atoms. The van der Waals surface area contributed by atoms with Crippen molar-refractivity contribution >= 4 is 27.5 Å². The van der Waals surface area contributed by atoms with Crippen LogP contribution in [0.25, 0.3) is 0 Å². The lowest BCUT2D eigenvalue weighted by Crippen LogP contribution is -2.34. The van der Waals surface area contributed by atoms with Crippen LogP contribution in [0.15, 0.2) is 53.4 Å². The molecule has 0 aliphatic rings. The zero-order valence-corrected chi connectivity index (χ0v) is 18.9. The molecule has 0 saturated carbocycles. The van der Waals surface area contributed by atoms with E-state index >= 15 is 0 Å². The first-order valence-electron chi connectivity index (χ1n) is 9.72. The van der Waals surface area contributed by atoms with Crippen LogP contribution in [-0.2, 0) is 14.8 Å². The van der Waals surface area contributed by atoms with Crippen molar-refractivity contribution in [3.05, 3.63) is 54.1 Å². The number of amides is 2. The molecule has 0 aliphatic heterocycles. The molecule has 0 radical (unpaired) electrons. The van der Waals surface area contributed by atoms with Crippen molar-refractivity contribution in [1.29, 1.82) is 0 Å². The normalized spacial score (nSPS) is 12.2. The van der Waals surface area contributed by atoms with Gasteiger partial charge in [-0.3, -0.25) is 9.59 Å². The number of halogens is 3. The Morgan fingerprint density at radius 3 is 2.00 bits per heavy atom. The highest BCUT2D eigenvalue weighted by atomic mass is 32.2. The summed E-state index contributed by atoms with van der Waals surface area (Å²) < 4.78 is 66.9. The fourth-order valence-electron chi connectivity index (χ4n) is 2.39. The highest BCUT2D eigenvalue weighted by molar-refractivity contribution is 7.89. The zero-order chi connectivity index (χ0) is 24.9. The average Bonchev–Trinajstić information content (AvgIpc) is 2.70. The summed E-state index contributed by atoms with van der Waals surface area (Å²) in [6, 6.07) is 9.91. The first-order chi connectivity index (χ1) is 15.2. The number of ether oxygens (including phenoxy) is 1. The highest BCUT2D eigenvalue weighted by Gasteiger charge is 2.31. The number of anilines is 1. The largest absolute Gasteiger partial charge is 0.573 e. The van der Waals surface area contributed by atoms with E-state index < -0.39 is 33.5 Å². The van der Waals surface area contributed by atoms with Crippen molar-refractivity contribution in [2.75, 3.05) is 18.4 Å². The van der Waals surface area contributed by atoms with Crippen molar-refractivity contribution < 1.29 is 35.9 Å². The molecule has 0 spiro atoms. The maximum atomic E-state index is 12.2. The predicted molar refractivity (Wildman–Crippen MR) is 115 cm³/mol. The molecule has 2 rings (SSSR count). The third kappa shape index (κ3) is 8.39. The van der Waals surface area contributed by atoms with Crippen LogP contribution in [0.1, 0.15) is 31.1 Å². The maximum Gasteiger partial charge on any atom is 0.573 e. The summed E-state index contributed by atoms with van der Waals surface area (Å²) in [5.74, 6) is -1.16. The zero-order valence-electron chi connectivity index (χ0n) is 18.1. The molecule has 0 saturated heterocycles. The first kappa shape index (κ1) is 26.1. The molecule has 12 heteroatoms. The van der Waals surface area contributed by atoms with Crippen LogP contribution in [0.5, 0.6) is 5.75 Å². The summed E-state index contributed by atoms with van der Waals surface area (Å²) in [7, 11) is -3.99. The molecule has 3 N–H and O–H groups in total. The molecule has 0 unspecified atom stereocenters. The average molecular weight is 488 g/mol. The second-order valence-corrected chi connectivity index (χ2v) is 9.72. The summed E-state index contributed by atoms with van der Waals surface area (Å²) in [4.78, 5) is 23.9. The molecule has 8 nitrogen and oxygen atoms in total. The van der Waals surface area contributed by atoms with E-state index in [2.05, 4.69) is 20.1 Å². The van der Waals surface area contributed by atoms with Crippen LogP contribution in [0, 0.1) is 5.41 Å². The van der Waals surface area contributed by atoms with Gasteiger partial charge in [0.25, 0.3) is 5.91 Å². The molecule has 0 aliphatic carbocycles. The second-order valence-electron chi connectivity index (χ2n) is 7.95. The SMILES string of the molecule is CC(C)(C)C(=O)Nc1ccc(C(=O)NCCNS(=O)(=O)c2ccc(OC(F)(F)F)cc2)cc1. The van der Waals surface area contributed by atoms with E-state index in [1.807, 2.05) is 0 Å². The fraction of sp³-hybridized carbons (Fsp3) is 0.333.